The summed E-state index contributed by atoms with van der Waals surface area (Å²) in [7, 11) is 0. The predicted molar refractivity (Wildman–Crippen MR) is 51.5 cm³/mol. The molecule has 0 aliphatic rings. The largest absolute Gasteiger partial charge is 0.382 e. The molecule has 9 nitrogen and oxygen atoms in total. The standard InChI is InChI=1S/C7H10N8O/c8-7(9)6-5(12-16-13-6)2-1-3-15-11-4-10-14-15/h4H,1-3H2,(H3,8,9). The van der Waals surface area contributed by atoms with Gasteiger partial charge in [-0.15, -0.1) is 10.2 Å². The van der Waals surface area contributed by atoms with Crippen molar-refractivity contribution >= 4 is 5.84 Å². The van der Waals surface area contributed by atoms with Gasteiger partial charge in [-0.2, -0.15) is 4.80 Å². The van der Waals surface area contributed by atoms with Crippen LogP contribution in [-0.2, 0) is 13.0 Å². The molecule has 0 atom stereocenters. The number of nitrogens with zero attached hydrogens (tertiary/aromatic N) is 6. The van der Waals surface area contributed by atoms with Crippen LogP contribution in [0.2, 0.25) is 0 Å². The smallest absolute Gasteiger partial charge is 0.172 e. The lowest BCUT2D eigenvalue weighted by Crippen LogP contribution is -2.14. The molecule has 3 N–H and O–H groups in total. The number of tetrazole rings is 1. The first-order valence-corrected chi connectivity index (χ1v) is 4.64. The Bertz CT molecular complexity index is 460. The Morgan fingerprint density at radius 3 is 3.06 bits per heavy atom. The zero-order chi connectivity index (χ0) is 11.4. The number of hydrogen-bond acceptors (Lipinski definition) is 7. The van der Waals surface area contributed by atoms with E-state index in [2.05, 4.69) is 30.4 Å². The molecule has 0 aromatic carbocycles. The van der Waals surface area contributed by atoms with Crippen molar-refractivity contribution in [3.63, 3.8) is 0 Å². The first kappa shape index (κ1) is 10.2. The number of nitrogen functional groups attached to an aromatic ring is 1. The van der Waals surface area contributed by atoms with E-state index in [1.807, 2.05) is 0 Å². The van der Waals surface area contributed by atoms with Crippen LogP contribution in [0, 0.1) is 5.41 Å². The number of nitrogens with two attached hydrogens (primary N) is 1. The molecule has 0 bridgehead atoms. The molecule has 2 aromatic rings. The highest BCUT2D eigenvalue weighted by Gasteiger charge is 2.12. The summed E-state index contributed by atoms with van der Waals surface area (Å²) in [4.78, 5) is 1.47. The maximum atomic E-state index is 7.24. The summed E-state index contributed by atoms with van der Waals surface area (Å²) in [6.07, 6.45) is 2.71. The topological polar surface area (TPSA) is 132 Å². The molecule has 0 spiro atoms. The summed E-state index contributed by atoms with van der Waals surface area (Å²) in [5, 5.41) is 25.6. The molecule has 0 saturated heterocycles. The van der Waals surface area contributed by atoms with Gasteiger partial charge in [0, 0.05) is 0 Å². The van der Waals surface area contributed by atoms with Crippen LogP contribution in [0.1, 0.15) is 17.8 Å². The third kappa shape index (κ3) is 2.19. The Balaban J connectivity index is 1.90. The van der Waals surface area contributed by atoms with E-state index in [1.54, 1.807) is 0 Å². The van der Waals surface area contributed by atoms with Gasteiger partial charge in [0.2, 0.25) is 0 Å². The molecule has 0 unspecified atom stereocenters. The molecule has 0 radical (unpaired) electrons. The van der Waals surface area contributed by atoms with Crippen LogP contribution in [0.3, 0.4) is 0 Å². The van der Waals surface area contributed by atoms with Gasteiger partial charge in [-0.1, -0.05) is 5.16 Å². The third-order valence-electron chi connectivity index (χ3n) is 1.97. The van der Waals surface area contributed by atoms with E-state index in [0.717, 1.165) is 6.42 Å². The molecule has 2 rings (SSSR count). The van der Waals surface area contributed by atoms with Crippen molar-refractivity contribution in [3.05, 3.63) is 17.7 Å². The lowest BCUT2D eigenvalue weighted by Gasteiger charge is -1.97. The zero-order valence-corrected chi connectivity index (χ0v) is 8.37. The number of aryl methyl sites for hydroxylation is 2. The summed E-state index contributed by atoms with van der Waals surface area (Å²) >= 11 is 0. The Morgan fingerprint density at radius 1 is 1.50 bits per heavy atom. The van der Waals surface area contributed by atoms with Crippen molar-refractivity contribution in [2.45, 2.75) is 19.4 Å². The molecule has 0 fully saturated rings. The van der Waals surface area contributed by atoms with Crippen LogP contribution in [0.5, 0.6) is 0 Å². The highest BCUT2D eigenvalue weighted by Crippen LogP contribution is 2.05. The van der Waals surface area contributed by atoms with Crippen LogP contribution in [0.4, 0.5) is 0 Å². The third-order valence-corrected chi connectivity index (χ3v) is 1.97. The van der Waals surface area contributed by atoms with Gasteiger partial charge in [-0.3, -0.25) is 5.41 Å². The second-order valence-electron chi connectivity index (χ2n) is 3.11. The quantitative estimate of drug-likeness (QED) is 0.488. The number of aromatic nitrogens is 6. The average molecular weight is 222 g/mol. The van der Waals surface area contributed by atoms with E-state index in [4.69, 9.17) is 11.1 Å². The van der Waals surface area contributed by atoms with Crippen LogP contribution < -0.4 is 5.73 Å². The predicted octanol–water partition coefficient (Wildman–Crippen LogP) is -1.03. The number of rotatable bonds is 5. The minimum absolute atomic E-state index is 0.143. The number of nitrogens with one attached hydrogen (secondary N) is 1. The molecule has 0 aliphatic carbocycles. The minimum atomic E-state index is -0.143. The SMILES string of the molecule is N=C(N)c1nonc1CCCn1ncnn1. The second-order valence-corrected chi connectivity index (χ2v) is 3.11. The number of hydrogen-bond donors (Lipinski definition) is 2. The summed E-state index contributed by atoms with van der Waals surface area (Å²) in [6.45, 7) is 0.615. The zero-order valence-electron chi connectivity index (χ0n) is 8.37. The van der Waals surface area contributed by atoms with Crippen molar-refractivity contribution in [3.8, 4) is 0 Å². The Hall–Kier alpha value is -2.32. The molecule has 9 heteroatoms. The highest BCUT2D eigenvalue weighted by molar-refractivity contribution is 5.93. The first-order valence-electron chi connectivity index (χ1n) is 4.64. The van der Waals surface area contributed by atoms with Gasteiger partial charge in [-0.25, -0.2) is 4.63 Å². The van der Waals surface area contributed by atoms with Crippen LogP contribution in [0.25, 0.3) is 0 Å². The lowest BCUT2D eigenvalue weighted by atomic mass is 10.2. The van der Waals surface area contributed by atoms with Crippen molar-refractivity contribution in [1.82, 2.24) is 30.5 Å². The van der Waals surface area contributed by atoms with E-state index < -0.39 is 0 Å². The molecule has 0 amide bonds. The molecular formula is C7H10N8O. The van der Waals surface area contributed by atoms with Crippen molar-refractivity contribution < 1.29 is 4.63 Å². The molecule has 2 heterocycles. The molecular weight excluding hydrogens is 212 g/mol. The first-order chi connectivity index (χ1) is 7.77. The van der Waals surface area contributed by atoms with Gasteiger partial charge in [0.15, 0.2) is 12.0 Å². The molecule has 2 aromatic heterocycles. The summed E-state index contributed by atoms with van der Waals surface area (Å²) < 4.78 is 4.52. The van der Waals surface area contributed by atoms with Gasteiger partial charge in [0.25, 0.3) is 0 Å². The van der Waals surface area contributed by atoms with E-state index in [-0.39, 0.29) is 5.84 Å². The van der Waals surface area contributed by atoms with Gasteiger partial charge in [-0.05, 0) is 23.2 Å². The van der Waals surface area contributed by atoms with Crippen molar-refractivity contribution in [2.75, 3.05) is 0 Å². The Labute approximate surface area is 90.1 Å². The molecule has 84 valence electrons. The van der Waals surface area contributed by atoms with Crippen molar-refractivity contribution in [2.24, 2.45) is 5.73 Å². The fourth-order valence-electron chi connectivity index (χ4n) is 1.25. The van der Waals surface area contributed by atoms with Gasteiger partial charge in [0.05, 0.1) is 6.54 Å². The minimum Gasteiger partial charge on any atom is -0.382 e. The molecule has 16 heavy (non-hydrogen) atoms. The monoisotopic (exact) mass is 222 g/mol. The fourth-order valence-corrected chi connectivity index (χ4v) is 1.25. The van der Waals surface area contributed by atoms with Crippen LogP contribution >= 0.6 is 0 Å². The van der Waals surface area contributed by atoms with E-state index in [1.165, 1.54) is 11.1 Å². The highest BCUT2D eigenvalue weighted by atomic mass is 16.6. The van der Waals surface area contributed by atoms with Gasteiger partial charge < -0.3 is 5.73 Å². The Kier molecular flexibility index (Phi) is 2.85. The molecule has 0 saturated carbocycles. The maximum Gasteiger partial charge on any atom is 0.172 e. The van der Waals surface area contributed by atoms with Crippen molar-refractivity contribution in [1.29, 1.82) is 5.41 Å². The summed E-state index contributed by atoms with van der Waals surface area (Å²) in [6, 6.07) is 0. The van der Waals surface area contributed by atoms with Crippen LogP contribution in [-0.4, -0.2) is 36.4 Å². The number of amidine groups is 1. The lowest BCUT2D eigenvalue weighted by molar-refractivity contribution is 0.302. The van der Waals surface area contributed by atoms with Crippen LogP contribution in [0.15, 0.2) is 11.0 Å². The van der Waals surface area contributed by atoms with E-state index in [0.29, 0.717) is 24.4 Å². The maximum absolute atomic E-state index is 7.24. The van der Waals surface area contributed by atoms with E-state index in [9.17, 15) is 0 Å². The summed E-state index contributed by atoms with van der Waals surface area (Å²) in [5.41, 5.74) is 6.18. The van der Waals surface area contributed by atoms with Gasteiger partial charge >= 0.3 is 0 Å². The van der Waals surface area contributed by atoms with Gasteiger partial charge in [0.1, 0.15) is 11.5 Å². The summed E-state index contributed by atoms with van der Waals surface area (Å²) in [5.74, 6) is -0.143. The Morgan fingerprint density at radius 2 is 2.38 bits per heavy atom. The normalized spacial score (nSPS) is 10.5. The second kappa shape index (κ2) is 4.47. The van der Waals surface area contributed by atoms with E-state index >= 15 is 0 Å². The molecule has 0 aliphatic heterocycles. The average Bonchev–Trinajstić information content (AvgIpc) is 2.87. The fraction of sp³-hybridized carbons (Fsp3) is 0.429.